The third kappa shape index (κ3) is 2.56. The fourth-order valence-corrected chi connectivity index (χ4v) is 2.74. The van der Waals surface area contributed by atoms with Crippen LogP contribution in [0.15, 0.2) is 28.7 Å². The molecule has 1 fully saturated rings. The first-order valence-corrected chi connectivity index (χ1v) is 7.20. The van der Waals surface area contributed by atoms with Crippen molar-refractivity contribution in [2.45, 2.75) is 32.2 Å². The molecule has 2 aromatic rings. The third-order valence-electron chi connectivity index (χ3n) is 4.12. The van der Waals surface area contributed by atoms with Crippen molar-refractivity contribution < 1.29 is 14.3 Å². The van der Waals surface area contributed by atoms with Gasteiger partial charge in [-0.05, 0) is 24.9 Å². The maximum absolute atomic E-state index is 11.4. The number of rotatable bonds is 6. The summed E-state index contributed by atoms with van der Waals surface area (Å²) in [7, 11) is 0. The zero-order chi connectivity index (χ0) is 13.9. The lowest BCUT2D eigenvalue weighted by molar-refractivity contribution is 0.0696. The number of hydrogen-bond donors (Lipinski definition) is 2. The maximum atomic E-state index is 11.4. The number of carboxylic acids is 1. The van der Waals surface area contributed by atoms with Gasteiger partial charge < -0.3 is 14.8 Å². The molecule has 1 aliphatic rings. The summed E-state index contributed by atoms with van der Waals surface area (Å²) in [5.41, 5.74) is 0.928. The van der Waals surface area contributed by atoms with E-state index in [1.165, 1.54) is 25.7 Å². The molecular weight excluding hydrogens is 254 g/mol. The summed E-state index contributed by atoms with van der Waals surface area (Å²) in [6, 6.07) is 7.28. The molecule has 2 N–H and O–H groups in total. The van der Waals surface area contributed by atoms with Crippen molar-refractivity contribution in [3.8, 4) is 0 Å². The molecule has 4 nitrogen and oxygen atoms in total. The Balaban J connectivity index is 1.69. The molecule has 1 aromatic heterocycles. The average Bonchev–Trinajstić information content (AvgIpc) is 2.74. The Bertz CT molecular complexity index is 613. The number of carboxylic acid groups (broad SMARTS) is 1. The van der Waals surface area contributed by atoms with Gasteiger partial charge in [-0.25, -0.2) is 4.79 Å². The van der Waals surface area contributed by atoms with E-state index in [1.807, 2.05) is 12.1 Å². The molecule has 1 aromatic carbocycles. The number of para-hydroxylation sites is 1. The lowest BCUT2D eigenvalue weighted by Gasteiger charge is -2.25. The zero-order valence-corrected chi connectivity index (χ0v) is 11.4. The number of fused-ring (bicyclic) bond motifs is 1. The van der Waals surface area contributed by atoms with Crippen LogP contribution < -0.4 is 5.32 Å². The molecule has 1 heterocycles. The number of nitrogens with one attached hydrogen (secondary N) is 1. The maximum Gasteiger partial charge on any atom is 0.339 e. The number of aromatic carboxylic acids is 1. The van der Waals surface area contributed by atoms with Crippen LogP contribution >= 0.6 is 0 Å². The van der Waals surface area contributed by atoms with E-state index in [4.69, 9.17) is 4.42 Å². The highest BCUT2D eigenvalue weighted by Gasteiger charge is 2.20. The summed E-state index contributed by atoms with van der Waals surface area (Å²) in [6.45, 7) is 1.39. The van der Waals surface area contributed by atoms with Crippen molar-refractivity contribution in [1.29, 1.82) is 0 Å². The Hall–Kier alpha value is -1.81. The summed E-state index contributed by atoms with van der Waals surface area (Å²) in [6.07, 6.45) is 5.21. The van der Waals surface area contributed by atoms with Gasteiger partial charge in [0, 0.05) is 5.39 Å². The second-order valence-electron chi connectivity index (χ2n) is 5.46. The van der Waals surface area contributed by atoms with Crippen molar-refractivity contribution in [2.24, 2.45) is 5.92 Å². The van der Waals surface area contributed by atoms with Crippen LogP contribution in [-0.2, 0) is 6.54 Å². The van der Waals surface area contributed by atoms with Crippen molar-refractivity contribution >= 4 is 16.9 Å². The van der Waals surface area contributed by atoms with Gasteiger partial charge in [0.25, 0.3) is 0 Å². The minimum absolute atomic E-state index is 0.289. The first kappa shape index (κ1) is 13.2. The number of benzene rings is 1. The molecule has 1 aliphatic carbocycles. The quantitative estimate of drug-likeness (QED) is 0.792. The van der Waals surface area contributed by atoms with Crippen LogP contribution in [-0.4, -0.2) is 17.6 Å². The molecule has 0 unspecified atom stereocenters. The van der Waals surface area contributed by atoms with Gasteiger partial charge in [-0.15, -0.1) is 0 Å². The van der Waals surface area contributed by atoms with Crippen molar-refractivity contribution in [3.05, 3.63) is 35.6 Å². The van der Waals surface area contributed by atoms with Crippen LogP contribution in [0.5, 0.6) is 0 Å². The number of furan rings is 1. The van der Waals surface area contributed by atoms with Crippen molar-refractivity contribution in [2.75, 3.05) is 6.54 Å². The molecule has 0 saturated heterocycles. The van der Waals surface area contributed by atoms with E-state index < -0.39 is 5.97 Å². The molecule has 0 bridgehead atoms. The topological polar surface area (TPSA) is 62.5 Å². The van der Waals surface area contributed by atoms with Gasteiger partial charge in [0.05, 0.1) is 6.54 Å². The summed E-state index contributed by atoms with van der Waals surface area (Å²) < 4.78 is 5.66. The van der Waals surface area contributed by atoms with E-state index in [0.29, 0.717) is 23.3 Å². The first-order chi connectivity index (χ1) is 9.75. The van der Waals surface area contributed by atoms with Crippen LogP contribution in [0, 0.1) is 5.92 Å². The lowest BCUT2D eigenvalue weighted by Crippen LogP contribution is -2.21. The predicted octanol–water partition coefficient (Wildman–Crippen LogP) is 3.41. The van der Waals surface area contributed by atoms with Crippen LogP contribution in [0.1, 0.15) is 41.8 Å². The highest BCUT2D eigenvalue weighted by Crippen LogP contribution is 2.29. The molecule has 0 radical (unpaired) electrons. The fourth-order valence-electron chi connectivity index (χ4n) is 2.74. The zero-order valence-electron chi connectivity index (χ0n) is 11.4. The average molecular weight is 273 g/mol. The van der Waals surface area contributed by atoms with Crippen molar-refractivity contribution in [1.82, 2.24) is 5.32 Å². The van der Waals surface area contributed by atoms with Gasteiger partial charge in [0.1, 0.15) is 16.9 Å². The Labute approximate surface area is 117 Å². The van der Waals surface area contributed by atoms with Gasteiger partial charge in [-0.1, -0.05) is 37.5 Å². The minimum atomic E-state index is -0.925. The molecule has 3 rings (SSSR count). The molecular formula is C16H19NO3. The van der Waals surface area contributed by atoms with Gasteiger partial charge in [-0.2, -0.15) is 0 Å². The standard InChI is InChI=1S/C16H19NO3/c18-16(19)15-12-6-1-2-7-13(12)20-14(15)10-17-9-8-11-4-3-5-11/h1-2,6-7,11,17H,3-5,8-10H2,(H,18,19). The monoisotopic (exact) mass is 273 g/mol. The van der Waals surface area contributed by atoms with E-state index in [1.54, 1.807) is 12.1 Å². The van der Waals surface area contributed by atoms with E-state index in [-0.39, 0.29) is 5.56 Å². The SMILES string of the molecule is O=C(O)c1c(CNCCC2CCC2)oc2ccccc12. The van der Waals surface area contributed by atoms with E-state index >= 15 is 0 Å². The van der Waals surface area contributed by atoms with Gasteiger partial charge in [0.2, 0.25) is 0 Å². The Morgan fingerprint density at radius 3 is 2.85 bits per heavy atom. The van der Waals surface area contributed by atoms with Gasteiger partial charge in [0.15, 0.2) is 0 Å². The normalized spacial score (nSPS) is 15.4. The third-order valence-corrected chi connectivity index (χ3v) is 4.12. The van der Waals surface area contributed by atoms with Crippen LogP contribution in [0.3, 0.4) is 0 Å². The summed E-state index contributed by atoms with van der Waals surface area (Å²) >= 11 is 0. The molecule has 0 amide bonds. The van der Waals surface area contributed by atoms with E-state index in [9.17, 15) is 9.90 Å². The molecule has 0 atom stereocenters. The second-order valence-corrected chi connectivity index (χ2v) is 5.46. The summed E-state index contributed by atoms with van der Waals surface area (Å²) in [4.78, 5) is 11.4. The molecule has 0 aliphatic heterocycles. The molecule has 0 spiro atoms. The Kier molecular flexibility index (Phi) is 3.74. The molecule has 4 heteroatoms. The smallest absolute Gasteiger partial charge is 0.339 e. The molecule has 106 valence electrons. The van der Waals surface area contributed by atoms with Gasteiger partial charge >= 0.3 is 5.97 Å². The number of hydrogen-bond acceptors (Lipinski definition) is 3. The molecule has 1 saturated carbocycles. The second kappa shape index (κ2) is 5.67. The van der Waals surface area contributed by atoms with Crippen molar-refractivity contribution in [3.63, 3.8) is 0 Å². The fraction of sp³-hybridized carbons (Fsp3) is 0.438. The van der Waals surface area contributed by atoms with Crippen LogP contribution in [0.4, 0.5) is 0 Å². The lowest BCUT2D eigenvalue weighted by atomic mass is 9.83. The Morgan fingerprint density at radius 2 is 2.15 bits per heavy atom. The van der Waals surface area contributed by atoms with E-state index in [2.05, 4.69) is 5.32 Å². The van der Waals surface area contributed by atoms with E-state index in [0.717, 1.165) is 12.5 Å². The summed E-state index contributed by atoms with van der Waals surface area (Å²) in [5, 5.41) is 13.3. The van der Waals surface area contributed by atoms with Crippen LogP contribution in [0.2, 0.25) is 0 Å². The highest BCUT2D eigenvalue weighted by atomic mass is 16.4. The van der Waals surface area contributed by atoms with Gasteiger partial charge in [-0.3, -0.25) is 0 Å². The first-order valence-electron chi connectivity index (χ1n) is 7.20. The molecule has 20 heavy (non-hydrogen) atoms. The Morgan fingerprint density at radius 1 is 1.35 bits per heavy atom. The van der Waals surface area contributed by atoms with Crippen LogP contribution in [0.25, 0.3) is 11.0 Å². The number of carbonyl (C=O) groups is 1. The predicted molar refractivity (Wildman–Crippen MR) is 76.8 cm³/mol. The minimum Gasteiger partial charge on any atom is -0.478 e. The highest BCUT2D eigenvalue weighted by molar-refractivity contribution is 6.03. The summed E-state index contributed by atoms with van der Waals surface area (Å²) in [5.74, 6) is 0.454. The largest absolute Gasteiger partial charge is 0.478 e.